The molecule has 0 aliphatic rings. The SMILES string of the molecule is CNC(=O)c1c(-c2ccc(F)cc2)oc2cc(N(C)S(C)(=O)=O)c(-c3ccc(OC(C)C)c(-c4nc5c(F)cccc5o4)c3)cc12. The number of anilines is 1. The van der Waals surface area contributed by atoms with E-state index in [0.29, 0.717) is 33.4 Å². The molecule has 6 rings (SSSR count). The molecule has 0 atom stereocenters. The highest BCUT2D eigenvalue weighted by Gasteiger charge is 2.27. The minimum Gasteiger partial charge on any atom is -0.490 e. The second-order valence-electron chi connectivity index (χ2n) is 11.0. The highest BCUT2D eigenvalue weighted by Crippen LogP contribution is 2.43. The summed E-state index contributed by atoms with van der Waals surface area (Å²) in [6.45, 7) is 3.71. The Labute approximate surface area is 263 Å². The number of fused-ring (bicyclic) bond motifs is 2. The predicted molar refractivity (Wildman–Crippen MR) is 172 cm³/mol. The number of rotatable bonds is 8. The fourth-order valence-electron chi connectivity index (χ4n) is 5.21. The van der Waals surface area contributed by atoms with Gasteiger partial charge in [-0.05, 0) is 74.0 Å². The first-order chi connectivity index (χ1) is 21.8. The summed E-state index contributed by atoms with van der Waals surface area (Å²) in [6, 6.07) is 18.3. The van der Waals surface area contributed by atoms with Crippen LogP contribution in [-0.4, -0.2) is 45.8 Å². The van der Waals surface area contributed by atoms with Gasteiger partial charge in [0.1, 0.15) is 28.4 Å². The molecule has 0 unspecified atom stereocenters. The summed E-state index contributed by atoms with van der Waals surface area (Å²) in [5.74, 6) is -0.751. The molecule has 9 nitrogen and oxygen atoms in total. The quantitative estimate of drug-likeness (QED) is 0.184. The van der Waals surface area contributed by atoms with Crippen molar-refractivity contribution in [2.24, 2.45) is 0 Å². The van der Waals surface area contributed by atoms with Gasteiger partial charge in [-0.2, -0.15) is 0 Å². The molecular weight excluding hydrogens is 616 g/mol. The van der Waals surface area contributed by atoms with Crippen molar-refractivity contribution in [3.63, 3.8) is 0 Å². The lowest BCUT2D eigenvalue weighted by molar-refractivity contribution is 0.0964. The summed E-state index contributed by atoms with van der Waals surface area (Å²) in [6.07, 6.45) is 0.848. The summed E-state index contributed by atoms with van der Waals surface area (Å²) in [7, 11) is -0.887. The number of carbonyl (C=O) groups is 1. The Kier molecular flexibility index (Phi) is 7.77. The minimum atomic E-state index is -3.77. The number of sulfonamides is 1. The van der Waals surface area contributed by atoms with Gasteiger partial charge in [0.05, 0.1) is 29.2 Å². The Bertz CT molecular complexity index is 2240. The Morgan fingerprint density at radius 1 is 0.935 bits per heavy atom. The number of para-hydroxylation sites is 1. The van der Waals surface area contributed by atoms with Gasteiger partial charge in [0.15, 0.2) is 11.4 Å². The van der Waals surface area contributed by atoms with Crippen LogP contribution >= 0.6 is 0 Å². The molecule has 46 heavy (non-hydrogen) atoms. The molecule has 1 N–H and O–H groups in total. The van der Waals surface area contributed by atoms with Crippen LogP contribution in [0.5, 0.6) is 5.75 Å². The largest absolute Gasteiger partial charge is 0.490 e. The lowest BCUT2D eigenvalue weighted by atomic mass is 9.97. The van der Waals surface area contributed by atoms with Gasteiger partial charge in [0.25, 0.3) is 5.91 Å². The summed E-state index contributed by atoms with van der Waals surface area (Å²) >= 11 is 0. The van der Waals surface area contributed by atoms with Crippen LogP contribution in [-0.2, 0) is 10.0 Å². The lowest BCUT2D eigenvalue weighted by Gasteiger charge is -2.21. The first-order valence-corrected chi connectivity index (χ1v) is 16.1. The van der Waals surface area contributed by atoms with Crippen LogP contribution in [0.3, 0.4) is 0 Å². The number of benzene rings is 4. The fourth-order valence-corrected chi connectivity index (χ4v) is 5.72. The molecule has 0 saturated heterocycles. The van der Waals surface area contributed by atoms with Gasteiger partial charge in [-0.25, -0.2) is 22.2 Å². The first kappa shape index (κ1) is 30.8. The van der Waals surface area contributed by atoms with Gasteiger partial charge in [-0.3, -0.25) is 9.10 Å². The fraction of sp³-hybridized carbons (Fsp3) is 0.176. The number of halogens is 2. The highest BCUT2D eigenvalue weighted by atomic mass is 32.2. The summed E-state index contributed by atoms with van der Waals surface area (Å²) in [4.78, 5) is 17.7. The average molecular weight is 646 g/mol. The maximum Gasteiger partial charge on any atom is 0.255 e. The smallest absolute Gasteiger partial charge is 0.255 e. The van der Waals surface area contributed by atoms with Crippen LogP contribution < -0.4 is 14.4 Å². The topological polar surface area (TPSA) is 115 Å². The van der Waals surface area contributed by atoms with Crippen molar-refractivity contribution >= 4 is 43.7 Å². The second kappa shape index (κ2) is 11.6. The van der Waals surface area contributed by atoms with E-state index in [1.807, 2.05) is 13.8 Å². The van der Waals surface area contributed by atoms with Crippen LogP contribution in [0, 0.1) is 11.6 Å². The van der Waals surface area contributed by atoms with Crippen molar-refractivity contribution in [1.82, 2.24) is 10.3 Å². The zero-order valence-electron chi connectivity index (χ0n) is 25.5. The number of furan rings is 1. The van der Waals surface area contributed by atoms with Gasteiger partial charge in [-0.15, -0.1) is 0 Å². The molecule has 12 heteroatoms. The average Bonchev–Trinajstić information content (AvgIpc) is 3.62. The van der Waals surface area contributed by atoms with Crippen LogP contribution in [0.4, 0.5) is 14.5 Å². The molecule has 236 valence electrons. The van der Waals surface area contributed by atoms with Crippen molar-refractivity contribution in [2.45, 2.75) is 20.0 Å². The van der Waals surface area contributed by atoms with E-state index < -0.39 is 27.6 Å². The van der Waals surface area contributed by atoms with E-state index in [-0.39, 0.29) is 45.7 Å². The standard InChI is InChI=1S/C34H29F2N3O6S/c1-18(2)43-27-14-11-20(15-24(27)34-38-31-25(36)7-6-8-28(31)45-34)22-16-23-29(17-26(22)39(4)46(5,41)42)44-32(30(23)33(40)37-3)19-9-12-21(35)13-10-19/h6-18H,1-5H3,(H,37,40). The van der Waals surface area contributed by atoms with E-state index in [1.165, 1.54) is 56.6 Å². The van der Waals surface area contributed by atoms with Crippen molar-refractivity contribution < 1.29 is 35.6 Å². The van der Waals surface area contributed by atoms with E-state index in [0.717, 1.165) is 10.6 Å². The van der Waals surface area contributed by atoms with Gasteiger partial charge in [0.2, 0.25) is 15.9 Å². The molecule has 2 heterocycles. The number of ether oxygens (including phenoxy) is 1. The number of aromatic nitrogens is 1. The number of nitrogens with one attached hydrogen (secondary N) is 1. The van der Waals surface area contributed by atoms with E-state index in [2.05, 4.69) is 10.3 Å². The Balaban J connectivity index is 1.64. The molecule has 0 aliphatic carbocycles. The number of hydrogen-bond donors (Lipinski definition) is 1. The lowest BCUT2D eigenvalue weighted by Crippen LogP contribution is -2.25. The Hall–Kier alpha value is -5.23. The van der Waals surface area contributed by atoms with E-state index in [1.54, 1.807) is 30.3 Å². The summed E-state index contributed by atoms with van der Waals surface area (Å²) in [5, 5.41) is 3.02. The van der Waals surface area contributed by atoms with Crippen molar-refractivity contribution in [3.05, 3.63) is 90.0 Å². The van der Waals surface area contributed by atoms with Gasteiger partial charge >= 0.3 is 0 Å². The van der Waals surface area contributed by atoms with Crippen LogP contribution in [0.25, 0.3) is 56.0 Å². The highest BCUT2D eigenvalue weighted by molar-refractivity contribution is 7.92. The minimum absolute atomic E-state index is 0.0549. The Morgan fingerprint density at radius 2 is 1.65 bits per heavy atom. The van der Waals surface area contributed by atoms with Crippen LogP contribution in [0.2, 0.25) is 0 Å². The van der Waals surface area contributed by atoms with Crippen molar-refractivity contribution in [1.29, 1.82) is 0 Å². The molecular formula is C34H29F2N3O6S. The molecule has 4 aromatic carbocycles. The number of amides is 1. The molecule has 1 amide bonds. The van der Waals surface area contributed by atoms with Crippen LogP contribution in [0.15, 0.2) is 81.6 Å². The molecule has 6 aromatic rings. The summed E-state index contributed by atoms with van der Waals surface area (Å²) < 4.78 is 73.3. The third-order valence-corrected chi connectivity index (χ3v) is 8.65. The summed E-state index contributed by atoms with van der Waals surface area (Å²) in [5.41, 5.74) is 2.79. The monoisotopic (exact) mass is 645 g/mol. The van der Waals surface area contributed by atoms with Crippen LogP contribution in [0.1, 0.15) is 24.2 Å². The van der Waals surface area contributed by atoms with Crippen molar-refractivity contribution in [2.75, 3.05) is 24.7 Å². The normalized spacial score (nSPS) is 11.8. The molecule has 2 aromatic heterocycles. The van der Waals surface area contributed by atoms with Gasteiger partial charge in [0, 0.05) is 36.7 Å². The molecule has 0 radical (unpaired) electrons. The first-order valence-electron chi connectivity index (χ1n) is 14.2. The van der Waals surface area contributed by atoms with Gasteiger partial charge in [-0.1, -0.05) is 12.1 Å². The molecule has 0 bridgehead atoms. The molecule has 0 saturated carbocycles. The second-order valence-corrected chi connectivity index (χ2v) is 13.0. The maximum atomic E-state index is 14.6. The van der Waals surface area contributed by atoms with E-state index >= 15 is 0 Å². The van der Waals surface area contributed by atoms with E-state index in [4.69, 9.17) is 13.6 Å². The zero-order chi connectivity index (χ0) is 32.9. The zero-order valence-corrected chi connectivity index (χ0v) is 26.3. The van der Waals surface area contributed by atoms with Gasteiger partial charge < -0.3 is 18.9 Å². The van der Waals surface area contributed by atoms with E-state index in [9.17, 15) is 22.0 Å². The predicted octanol–water partition coefficient (Wildman–Crippen LogP) is 7.40. The number of oxazole rings is 1. The third-order valence-electron chi connectivity index (χ3n) is 7.46. The third kappa shape index (κ3) is 5.56. The van der Waals surface area contributed by atoms with Crippen molar-refractivity contribution in [3.8, 4) is 39.7 Å². The number of carbonyl (C=O) groups excluding carboxylic acids is 1. The maximum absolute atomic E-state index is 14.6. The molecule has 0 fully saturated rings. The number of hydrogen-bond acceptors (Lipinski definition) is 7. The molecule has 0 spiro atoms. The molecule has 0 aliphatic heterocycles. The number of nitrogens with zero attached hydrogens (tertiary/aromatic N) is 2. The Morgan fingerprint density at radius 3 is 2.30 bits per heavy atom.